The van der Waals surface area contributed by atoms with Crippen molar-refractivity contribution in [1.82, 2.24) is 4.90 Å². The molecule has 80 valence electrons. The van der Waals surface area contributed by atoms with E-state index in [2.05, 4.69) is 0 Å². The van der Waals surface area contributed by atoms with E-state index >= 15 is 0 Å². The van der Waals surface area contributed by atoms with E-state index in [1.807, 2.05) is 0 Å². The maximum absolute atomic E-state index is 10.7. The van der Waals surface area contributed by atoms with E-state index in [-0.39, 0.29) is 65.0 Å². The van der Waals surface area contributed by atoms with Gasteiger partial charge in [0.25, 0.3) is 0 Å². The smallest absolute Gasteiger partial charge is 0.771 e. The molecule has 0 N–H and O–H groups in total. The summed E-state index contributed by atoms with van der Waals surface area (Å²) in [7, 11) is -1.25. The van der Waals surface area contributed by atoms with Crippen molar-refractivity contribution in [2.24, 2.45) is 0 Å². The third-order valence-electron chi connectivity index (χ3n) is 0.940. The Morgan fingerprint density at radius 1 is 0.933 bits per heavy atom. The van der Waals surface area contributed by atoms with Gasteiger partial charge in [-0.25, -0.2) is 0 Å². The van der Waals surface area contributed by atoms with Gasteiger partial charge in [-0.3, -0.25) is 17.5 Å². The van der Waals surface area contributed by atoms with Crippen molar-refractivity contribution in [3.8, 4) is 0 Å². The van der Waals surface area contributed by atoms with E-state index < -0.39 is 44.7 Å². The second-order valence-corrected chi connectivity index (χ2v) is 5.37. The van der Waals surface area contributed by atoms with Gasteiger partial charge in [-0.2, -0.15) is 0 Å². The van der Waals surface area contributed by atoms with Crippen LogP contribution in [-0.4, -0.2) is 50.5 Å². The van der Waals surface area contributed by atoms with Gasteiger partial charge < -0.3 is 9.11 Å². The van der Waals surface area contributed by atoms with Crippen LogP contribution in [0, 0.1) is 0 Å². The number of rotatable bonds is 6. The van der Waals surface area contributed by atoms with Crippen LogP contribution in [0.2, 0.25) is 0 Å². The minimum atomic E-state index is -2.36. The molecule has 0 fully saturated rings. The summed E-state index contributed by atoms with van der Waals surface area (Å²) in [6.45, 7) is 0. The largest absolute Gasteiger partial charge is 1.00 e. The van der Waals surface area contributed by atoms with Crippen LogP contribution < -0.4 is 59.1 Å². The first kappa shape index (κ1) is 22.5. The summed E-state index contributed by atoms with van der Waals surface area (Å²) in [4.78, 5) is 1.07. The van der Waals surface area contributed by atoms with Gasteiger partial charge in [0, 0.05) is 17.1 Å². The summed E-state index contributed by atoms with van der Waals surface area (Å²) >= 11 is -4.72. The van der Waals surface area contributed by atoms with Crippen molar-refractivity contribution in [3.63, 3.8) is 0 Å². The fourth-order valence-electron chi connectivity index (χ4n) is 0.667. The molecule has 6 nitrogen and oxygen atoms in total. The van der Waals surface area contributed by atoms with Gasteiger partial charge in [-0.15, -0.1) is 0 Å². The molecule has 0 saturated heterocycles. The first-order chi connectivity index (χ1) is 5.91. The summed E-state index contributed by atoms with van der Waals surface area (Å²) in [5.41, 5.74) is 0. The van der Waals surface area contributed by atoms with E-state index in [4.69, 9.17) is 0 Å². The van der Waals surface area contributed by atoms with Crippen LogP contribution in [0.1, 0.15) is 0 Å². The average Bonchev–Trinajstić information content (AvgIpc) is 1.80. The summed E-state index contributed by atoms with van der Waals surface area (Å²) in [6.07, 6.45) is 1.37. The molecule has 3 unspecified atom stereocenters. The Bertz CT molecular complexity index is 202. The fourth-order valence-corrected chi connectivity index (χ4v) is 2.67. The van der Waals surface area contributed by atoms with Crippen molar-refractivity contribution >= 4 is 33.0 Å². The summed E-state index contributed by atoms with van der Waals surface area (Å²) in [5, 5.41) is 0. The second-order valence-electron chi connectivity index (χ2n) is 2.24. The molecule has 0 heterocycles. The SMILES string of the molecule is CS(=O)CN(CS(=O)[O-])CS(=O)[O-].[Na+].[Na+]. The number of nitrogens with zero attached hydrogens (tertiary/aromatic N) is 1. The molecular formula is C4H9NNa2O5S3. The molecule has 0 saturated carbocycles. The van der Waals surface area contributed by atoms with Gasteiger partial charge in [-0.1, -0.05) is 0 Å². The predicted molar refractivity (Wildman–Crippen MR) is 48.3 cm³/mol. The molecule has 3 atom stereocenters. The van der Waals surface area contributed by atoms with Crippen LogP contribution in [0.25, 0.3) is 0 Å². The van der Waals surface area contributed by atoms with Gasteiger partial charge in [0.2, 0.25) is 0 Å². The van der Waals surface area contributed by atoms with Crippen molar-refractivity contribution in [3.05, 3.63) is 0 Å². The van der Waals surface area contributed by atoms with Crippen LogP contribution >= 0.6 is 0 Å². The minimum Gasteiger partial charge on any atom is -0.771 e. The van der Waals surface area contributed by atoms with E-state index in [1.54, 1.807) is 0 Å². The Morgan fingerprint density at radius 3 is 1.47 bits per heavy atom. The van der Waals surface area contributed by atoms with Gasteiger partial charge in [0.1, 0.15) is 0 Å². The molecule has 0 rings (SSSR count). The molecule has 15 heavy (non-hydrogen) atoms. The zero-order valence-corrected chi connectivity index (χ0v) is 15.3. The standard InChI is InChI=1S/C4H11NO5S3.2Na/c1-11(6)2-5(3-12(7)8)4-13(9)10;;/h2-4H2,1H3,(H,7,8)(H,9,10);;/q;2*+1/p-2. The molecule has 0 radical (unpaired) electrons. The molecule has 0 aliphatic rings. The van der Waals surface area contributed by atoms with Gasteiger partial charge >= 0.3 is 59.1 Å². The maximum Gasteiger partial charge on any atom is 1.00 e. The monoisotopic (exact) mass is 293 g/mol. The molecule has 0 amide bonds. The van der Waals surface area contributed by atoms with Crippen molar-refractivity contribution in [2.45, 2.75) is 0 Å². The van der Waals surface area contributed by atoms with E-state index in [0.29, 0.717) is 0 Å². The summed E-state index contributed by atoms with van der Waals surface area (Å²) < 4.78 is 51.6. The van der Waals surface area contributed by atoms with E-state index in [0.717, 1.165) is 4.90 Å². The summed E-state index contributed by atoms with van der Waals surface area (Å²) in [6, 6.07) is 0. The fraction of sp³-hybridized carbons (Fsp3) is 1.00. The molecule has 11 heteroatoms. The number of hydrogen-bond acceptors (Lipinski definition) is 6. The topological polar surface area (TPSA) is 101 Å². The molecule has 0 aliphatic carbocycles. The van der Waals surface area contributed by atoms with Gasteiger partial charge in [0.05, 0.1) is 17.6 Å². The Kier molecular flexibility index (Phi) is 19.2. The minimum absolute atomic E-state index is 0. The van der Waals surface area contributed by atoms with Crippen LogP contribution in [0.3, 0.4) is 0 Å². The van der Waals surface area contributed by atoms with Crippen LogP contribution in [-0.2, 0) is 33.0 Å². The van der Waals surface area contributed by atoms with Crippen LogP contribution in [0.5, 0.6) is 0 Å². The van der Waals surface area contributed by atoms with E-state index in [1.165, 1.54) is 6.26 Å². The molecule has 0 aliphatic heterocycles. The normalized spacial score (nSPS) is 16.0. The van der Waals surface area contributed by atoms with Gasteiger partial charge in [0.15, 0.2) is 0 Å². The third-order valence-corrected chi connectivity index (χ3v) is 2.82. The Labute approximate surface area is 141 Å². The molecule has 0 aromatic rings. The van der Waals surface area contributed by atoms with Crippen molar-refractivity contribution in [2.75, 3.05) is 23.9 Å². The predicted octanol–water partition coefficient (Wildman–Crippen LogP) is -7.69. The third kappa shape index (κ3) is 16.3. The Hall–Kier alpha value is 2.33. The number of hydrogen-bond donors (Lipinski definition) is 0. The second kappa shape index (κ2) is 12.8. The first-order valence-corrected chi connectivity index (χ1v) is 7.27. The molecular weight excluding hydrogens is 284 g/mol. The first-order valence-electron chi connectivity index (χ1n) is 3.06. The molecule has 0 aromatic carbocycles. The quantitative estimate of drug-likeness (QED) is 0.356. The van der Waals surface area contributed by atoms with Gasteiger partial charge in [-0.05, 0) is 22.2 Å². The maximum atomic E-state index is 10.7. The average molecular weight is 293 g/mol. The zero-order chi connectivity index (χ0) is 10.4. The Balaban J connectivity index is -0.000000720. The van der Waals surface area contributed by atoms with E-state index in [9.17, 15) is 21.7 Å². The van der Waals surface area contributed by atoms with Crippen molar-refractivity contribution in [1.29, 1.82) is 0 Å². The van der Waals surface area contributed by atoms with Crippen LogP contribution in [0.4, 0.5) is 0 Å². The van der Waals surface area contributed by atoms with Crippen LogP contribution in [0.15, 0.2) is 0 Å². The molecule has 0 aromatic heterocycles. The Morgan fingerprint density at radius 2 is 1.27 bits per heavy atom. The molecule has 0 bridgehead atoms. The molecule has 0 spiro atoms. The van der Waals surface area contributed by atoms with Crippen molar-refractivity contribution < 1.29 is 80.8 Å². The summed E-state index contributed by atoms with van der Waals surface area (Å²) in [5.74, 6) is -0.914. The zero-order valence-electron chi connectivity index (χ0n) is 8.83.